The SMILES string of the molecule is CC(O)C(C)C(C)C(=O)O. The van der Waals surface area contributed by atoms with Crippen LogP contribution in [0, 0.1) is 11.8 Å². The lowest BCUT2D eigenvalue weighted by atomic mass is 9.92. The van der Waals surface area contributed by atoms with E-state index in [9.17, 15) is 4.79 Å². The third kappa shape index (κ3) is 2.35. The largest absolute Gasteiger partial charge is 0.481 e. The molecule has 0 amide bonds. The summed E-state index contributed by atoms with van der Waals surface area (Å²) < 4.78 is 0. The first-order chi connectivity index (χ1) is 4.46. The number of hydrogen-bond acceptors (Lipinski definition) is 2. The van der Waals surface area contributed by atoms with E-state index in [1.165, 1.54) is 0 Å². The van der Waals surface area contributed by atoms with Crippen LogP contribution in [-0.4, -0.2) is 22.3 Å². The second kappa shape index (κ2) is 3.56. The molecule has 0 heterocycles. The molecule has 60 valence electrons. The van der Waals surface area contributed by atoms with Gasteiger partial charge in [0, 0.05) is 0 Å². The van der Waals surface area contributed by atoms with Gasteiger partial charge in [0.05, 0.1) is 12.0 Å². The van der Waals surface area contributed by atoms with Crippen LogP contribution in [0.15, 0.2) is 0 Å². The summed E-state index contributed by atoms with van der Waals surface area (Å²) in [6.45, 7) is 4.92. The maximum Gasteiger partial charge on any atom is 0.306 e. The number of carboxylic acid groups (broad SMARTS) is 1. The summed E-state index contributed by atoms with van der Waals surface area (Å²) in [5.41, 5.74) is 0. The molecule has 0 fully saturated rings. The molecule has 3 atom stereocenters. The zero-order valence-corrected chi connectivity index (χ0v) is 6.53. The zero-order valence-electron chi connectivity index (χ0n) is 6.53. The van der Waals surface area contributed by atoms with Gasteiger partial charge in [-0.2, -0.15) is 0 Å². The normalized spacial score (nSPS) is 19.6. The van der Waals surface area contributed by atoms with Crippen LogP contribution < -0.4 is 0 Å². The van der Waals surface area contributed by atoms with Crippen molar-refractivity contribution in [3.8, 4) is 0 Å². The number of carboxylic acids is 1. The molecule has 0 aromatic rings. The van der Waals surface area contributed by atoms with Crippen LogP contribution in [0.3, 0.4) is 0 Å². The molecule has 0 rings (SSSR count). The minimum absolute atomic E-state index is 0.183. The highest BCUT2D eigenvalue weighted by Crippen LogP contribution is 2.14. The summed E-state index contributed by atoms with van der Waals surface area (Å²) in [5.74, 6) is -1.51. The Bertz CT molecular complexity index is 120. The van der Waals surface area contributed by atoms with E-state index in [0.717, 1.165) is 0 Å². The average Bonchev–Trinajstić information content (AvgIpc) is 1.84. The number of aliphatic hydroxyl groups is 1. The minimum Gasteiger partial charge on any atom is -0.481 e. The fourth-order valence-electron chi connectivity index (χ4n) is 0.643. The lowest BCUT2D eigenvalue weighted by Crippen LogP contribution is -2.26. The van der Waals surface area contributed by atoms with Gasteiger partial charge in [0.25, 0.3) is 0 Å². The van der Waals surface area contributed by atoms with Gasteiger partial charge in [0.2, 0.25) is 0 Å². The maximum absolute atomic E-state index is 10.3. The van der Waals surface area contributed by atoms with Gasteiger partial charge in [0.1, 0.15) is 0 Å². The van der Waals surface area contributed by atoms with E-state index in [0.29, 0.717) is 0 Å². The van der Waals surface area contributed by atoms with E-state index in [1.54, 1.807) is 20.8 Å². The Balaban J connectivity index is 3.94. The van der Waals surface area contributed by atoms with Crippen molar-refractivity contribution in [3.05, 3.63) is 0 Å². The van der Waals surface area contributed by atoms with Gasteiger partial charge in [-0.15, -0.1) is 0 Å². The molecule has 0 aliphatic heterocycles. The third-order valence-corrected chi connectivity index (χ3v) is 1.94. The van der Waals surface area contributed by atoms with Crippen LogP contribution in [-0.2, 0) is 4.79 Å². The van der Waals surface area contributed by atoms with E-state index >= 15 is 0 Å². The molecular weight excluding hydrogens is 132 g/mol. The van der Waals surface area contributed by atoms with Crippen LogP contribution >= 0.6 is 0 Å². The maximum atomic E-state index is 10.3. The van der Waals surface area contributed by atoms with Gasteiger partial charge in [0.15, 0.2) is 0 Å². The summed E-state index contributed by atoms with van der Waals surface area (Å²) in [7, 11) is 0. The topological polar surface area (TPSA) is 57.5 Å². The molecule has 3 heteroatoms. The molecule has 0 aromatic carbocycles. The highest BCUT2D eigenvalue weighted by molar-refractivity contribution is 5.69. The van der Waals surface area contributed by atoms with Crippen molar-refractivity contribution >= 4 is 5.97 Å². The van der Waals surface area contributed by atoms with Gasteiger partial charge < -0.3 is 10.2 Å². The van der Waals surface area contributed by atoms with Crippen molar-refractivity contribution in [2.45, 2.75) is 26.9 Å². The molecule has 2 N–H and O–H groups in total. The van der Waals surface area contributed by atoms with Crippen molar-refractivity contribution in [2.75, 3.05) is 0 Å². The highest BCUT2D eigenvalue weighted by Gasteiger charge is 2.22. The summed E-state index contributed by atoms with van der Waals surface area (Å²) >= 11 is 0. The highest BCUT2D eigenvalue weighted by atomic mass is 16.4. The van der Waals surface area contributed by atoms with Crippen LogP contribution in [0.5, 0.6) is 0 Å². The lowest BCUT2D eigenvalue weighted by molar-refractivity contribution is -0.144. The Hall–Kier alpha value is -0.570. The smallest absolute Gasteiger partial charge is 0.306 e. The Morgan fingerprint density at radius 1 is 1.30 bits per heavy atom. The quantitative estimate of drug-likeness (QED) is 0.617. The first-order valence-electron chi connectivity index (χ1n) is 3.37. The number of aliphatic carboxylic acids is 1. The van der Waals surface area contributed by atoms with Crippen molar-refractivity contribution in [1.82, 2.24) is 0 Å². The first kappa shape index (κ1) is 9.43. The van der Waals surface area contributed by atoms with E-state index < -0.39 is 18.0 Å². The Kier molecular flexibility index (Phi) is 3.36. The molecule has 0 saturated carbocycles. The van der Waals surface area contributed by atoms with E-state index in [-0.39, 0.29) is 5.92 Å². The average molecular weight is 146 g/mol. The molecule has 0 bridgehead atoms. The Labute approximate surface area is 60.7 Å². The van der Waals surface area contributed by atoms with E-state index in [2.05, 4.69) is 0 Å². The molecule has 0 aliphatic carbocycles. The van der Waals surface area contributed by atoms with Crippen LogP contribution in [0.1, 0.15) is 20.8 Å². The monoisotopic (exact) mass is 146 g/mol. The molecule has 3 nitrogen and oxygen atoms in total. The van der Waals surface area contributed by atoms with Crippen LogP contribution in [0.25, 0.3) is 0 Å². The molecule has 0 saturated heterocycles. The summed E-state index contributed by atoms with van der Waals surface area (Å²) in [4.78, 5) is 10.3. The molecule has 0 aliphatic rings. The van der Waals surface area contributed by atoms with Crippen LogP contribution in [0.2, 0.25) is 0 Å². The van der Waals surface area contributed by atoms with Gasteiger partial charge in [-0.1, -0.05) is 13.8 Å². The summed E-state index contributed by atoms with van der Waals surface area (Å²) in [6, 6.07) is 0. The molecule has 3 unspecified atom stereocenters. The fourth-order valence-corrected chi connectivity index (χ4v) is 0.643. The molecule has 10 heavy (non-hydrogen) atoms. The van der Waals surface area contributed by atoms with Gasteiger partial charge >= 0.3 is 5.97 Å². The number of aliphatic hydroxyl groups excluding tert-OH is 1. The zero-order chi connectivity index (χ0) is 8.31. The first-order valence-corrected chi connectivity index (χ1v) is 3.37. The van der Waals surface area contributed by atoms with Crippen LogP contribution in [0.4, 0.5) is 0 Å². The second-order valence-corrected chi connectivity index (χ2v) is 2.73. The van der Waals surface area contributed by atoms with Crippen molar-refractivity contribution < 1.29 is 15.0 Å². The fraction of sp³-hybridized carbons (Fsp3) is 0.857. The molecular formula is C7H14O3. The summed E-state index contributed by atoms with van der Waals surface area (Å²) in [6.07, 6.45) is -0.550. The lowest BCUT2D eigenvalue weighted by Gasteiger charge is -2.18. The number of carbonyl (C=O) groups is 1. The van der Waals surface area contributed by atoms with Crippen molar-refractivity contribution in [2.24, 2.45) is 11.8 Å². The number of rotatable bonds is 3. The Morgan fingerprint density at radius 2 is 1.70 bits per heavy atom. The minimum atomic E-state index is -0.853. The van der Waals surface area contributed by atoms with E-state index in [4.69, 9.17) is 10.2 Å². The molecule has 0 radical (unpaired) electrons. The molecule has 0 spiro atoms. The third-order valence-electron chi connectivity index (χ3n) is 1.94. The van der Waals surface area contributed by atoms with Gasteiger partial charge in [-0.05, 0) is 12.8 Å². The van der Waals surface area contributed by atoms with Crippen molar-refractivity contribution in [3.63, 3.8) is 0 Å². The second-order valence-electron chi connectivity index (χ2n) is 2.73. The predicted octanol–water partition coefficient (Wildman–Crippen LogP) is 0.724. The number of hydrogen-bond donors (Lipinski definition) is 2. The Morgan fingerprint density at radius 3 is 1.80 bits per heavy atom. The predicted molar refractivity (Wildman–Crippen MR) is 37.6 cm³/mol. The van der Waals surface area contributed by atoms with Gasteiger partial charge in [-0.3, -0.25) is 4.79 Å². The van der Waals surface area contributed by atoms with Gasteiger partial charge in [-0.25, -0.2) is 0 Å². The van der Waals surface area contributed by atoms with Crippen molar-refractivity contribution in [1.29, 1.82) is 0 Å². The molecule has 0 aromatic heterocycles. The van der Waals surface area contributed by atoms with E-state index in [1.807, 2.05) is 0 Å². The standard InChI is InChI=1S/C7H14O3/c1-4(6(3)8)5(2)7(9)10/h4-6,8H,1-3H3,(H,9,10). The summed E-state index contributed by atoms with van der Waals surface area (Å²) in [5, 5.41) is 17.5.